The Kier molecular flexibility index (Phi) is 5.61. The monoisotopic (exact) mass is 309 g/mol. The average molecular weight is 310 g/mol. The van der Waals surface area contributed by atoms with Crippen LogP contribution >= 0.6 is 24.0 Å². The minimum Gasteiger partial charge on any atom is -0.322 e. The molecule has 0 saturated heterocycles. The summed E-state index contributed by atoms with van der Waals surface area (Å²) in [5.41, 5.74) is 4.55. The van der Waals surface area contributed by atoms with Crippen LogP contribution in [-0.2, 0) is 0 Å². The lowest BCUT2D eigenvalue weighted by Crippen LogP contribution is -2.13. The Balaban J connectivity index is 0.00000200. The summed E-state index contributed by atoms with van der Waals surface area (Å²) >= 11 is 6.09. The molecule has 0 aromatic heterocycles. The maximum Gasteiger partial charge on any atom is 0.257 e. The van der Waals surface area contributed by atoms with Crippen LogP contribution in [0.4, 0.5) is 5.69 Å². The molecule has 0 radical (unpaired) electrons. The summed E-state index contributed by atoms with van der Waals surface area (Å²) in [6, 6.07) is 11.3. The van der Waals surface area contributed by atoms with E-state index >= 15 is 0 Å². The van der Waals surface area contributed by atoms with Crippen molar-refractivity contribution in [2.24, 2.45) is 0 Å². The second-order valence-electron chi connectivity index (χ2n) is 4.76. The van der Waals surface area contributed by atoms with Gasteiger partial charge in [-0.3, -0.25) is 4.79 Å². The largest absolute Gasteiger partial charge is 0.322 e. The van der Waals surface area contributed by atoms with Gasteiger partial charge in [0.15, 0.2) is 0 Å². The molecule has 1 N–H and O–H groups in total. The van der Waals surface area contributed by atoms with Crippen LogP contribution in [-0.4, -0.2) is 5.91 Å². The summed E-state index contributed by atoms with van der Waals surface area (Å²) in [5, 5.41) is 3.36. The van der Waals surface area contributed by atoms with Gasteiger partial charge in [-0.15, -0.1) is 12.4 Å². The van der Waals surface area contributed by atoms with Gasteiger partial charge in [-0.1, -0.05) is 35.4 Å². The van der Waals surface area contributed by atoms with Gasteiger partial charge in [-0.05, 0) is 50.1 Å². The molecule has 0 aliphatic heterocycles. The van der Waals surface area contributed by atoms with E-state index in [0.29, 0.717) is 10.6 Å². The van der Waals surface area contributed by atoms with Crippen molar-refractivity contribution in [3.05, 3.63) is 63.7 Å². The number of rotatable bonds is 2. The molecule has 2 nitrogen and oxygen atoms in total. The molecule has 4 heteroatoms. The number of anilines is 1. The molecule has 106 valence electrons. The van der Waals surface area contributed by atoms with Gasteiger partial charge in [0.25, 0.3) is 5.91 Å². The van der Waals surface area contributed by atoms with Crippen molar-refractivity contribution in [1.29, 1.82) is 0 Å². The molecule has 0 fully saturated rings. The van der Waals surface area contributed by atoms with Gasteiger partial charge in [0.2, 0.25) is 0 Å². The van der Waals surface area contributed by atoms with Crippen LogP contribution < -0.4 is 5.32 Å². The Hall–Kier alpha value is -1.51. The van der Waals surface area contributed by atoms with Gasteiger partial charge in [-0.25, -0.2) is 0 Å². The number of carbonyl (C=O) groups excluding carboxylic acids is 1. The third-order valence-corrected chi connectivity index (χ3v) is 3.31. The van der Waals surface area contributed by atoms with E-state index in [1.165, 1.54) is 5.56 Å². The van der Waals surface area contributed by atoms with Crippen molar-refractivity contribution < 1.29 is 4.79 Å². The van der Waals surface area contributed by atoms with Crippen LogP contribution in [0.1, 0.15) is 27.0 Å². The predicted molar refractivity (Wildman–Crippen MR) is 87.3 cm³/mol. The minimum atomic E-state index is -0.183. The number of halogens is 2. The molecular weight excluding hydrogens is 293 g/mol. The molecule has 0 atom stereocenters. The number of hydrogen-bond donors (Lipinski definition) is 1. The van der Waals surface area contributed by atoms with Crippen LogP contribution in [0.5, 0.6) is 0 Å². The van der Waals surface area contributed by atoms with Gasteiger partial charge in [0.05, 0.1) is 10.6 Å². The highest BCUT2D eigenvalue weighted by Crippen LogP contribution is 2.21. The highest BCUT2D eigenvalue weighted by molar-refractivity contribution is 6.34. The van der Waals surface area contributed by atoms with Crippen LogP contribution in [0.25, 0.3) is 0 Å². The minimum absolute atomic E-state index is 0. The molecule has 1 amide bonds. The highest BCUT2D eigenvalue weighted by atomic mass is 35.5. The third-order valence-electron chi connectivity index (χ3n) is 3.00. The van der Waals surface area contributed by atoms with E-state index in [2.05, 4.69) is 5.32 Å². The predicted octanol–water partition coefficient (Wildman–Crippen LogP) is 4.94. The van der Waals surface area contributed by atoms with E-state index in [1.807, 2.05) is 45.0 Å². The standard InChI is InChI=1S/C16H16ClNO.ClH/c1-10-5-7-15(12(3)8-10)18-16(19)13-6-4-11(2)9-14(13)17;/h4-9H,1-3H3,(H,18,19);1H. The first-order valence-electron chi connectivity index (χ1n) is 6.12. The van der Waals surface area contributed by atoms with Gasteiger partial charge in [-0.2, -0.15) is 0 Å². The summed E-state index contributed by atoms with van der Waals surface area (Å²) in [6.45, 7) is 5.94. The summed E-state index contributed by atoms with van der Waals surface area (Å²) in [7, 11) is 0. The zero-order valence-corrected chi connectivity index (χ0v) is 13.2. The molecule has 2 aromatic rings. The van der Waals surface area contributed by atoms with Crippen molar-refractivity contribution in [3.63, 3.8) is 0 Å². The molecule has 0 aliphatic rings. The first-order valence-corrected chi connectivity index (χ1v) is 6.50. The second-order valence-corrected chi connectivity index (χ2v) is 5.16. The molecule has 0 aliphatic carbocycles. The van der Waals surface area contributed by atoms with Gasteiger partial charge in [0, 0.05) is 5.69 Å². The quantitative estimate of drug-likeness (QED) is 0.836. The molecule has 0 saturated carbocycles. The Morgan fingerprint density at radius 1 is 1.00 bits per heavy atom. The number of aryl methyl sites for hydroxylation is 3. The van der Waals surface area contributed by atoms with Gasteiger partial charge in [0.1, 0.15) is 0 Å². The first kappa shape index (κ1) is 16.5. The average Bonchev–Trinajstić information content (AvgIpc) is 2.32. The smallest absolute Gasteiger partial charge is 0.257 e. The van der Waals surface area contributed by atoms with Gasteiger partial charge >= 0.3 is 0 Å². The second kappa shape index (κ2) is 6.78. The molecular formula is C16H17Cl2NO. The zero-order valence-electron chi connectivity index (χ0n) is 11.7. The summed E-state index contributed by atoms with van der Waals surface area (Å²) in [6.07, 6.45) is 0. The molecule has 0 heterocycles. The number of hydrogen-bond acceptors (Lipinski definition) is 1. The molecule has 0 unspecified atom stereocenters. The Bertz CT molecular complexity index is 638. The lowest BCUT2D eigenvalue weighted by Gasteiger charge is -2.10. The van der Waals surface area contributed by atoms with E-state index in [9.17, 15) is 4.79 Å². The number of benzene rings is 2. The van der Waals surface area contributed by atoms with E-state index in [-0.39, 0.29) is 18.3 Å². The number of nitrogens with one attached hydrogen (secondary N) is 1. The summed E-state index contributed by atoms with van der Waals surface area (Å²) in [5.74, 6) is -0.183. The Morgan fingerprint density at radius 3 is 2.20 bits per heavy atom. The van der Waals surface area contributed by atoms with Crippen LogP contribution in [0.15, 0.2) is 36.4 Å². The molecule has 0 spiro atoms. The normalized spacial score (nSPS) is 9.80. The molecule has 20 heavy (non-hydrogen) atoms. The van der Waals surface area contributed by atoms with Crippen molar-refractivity contribution in [2.45, 2.75) is 20.8 Å². The van der Waals surface area contributed by atoms with Crippen LogP contribution in [0.3, 0.4) is 0 Å². The van der Waals surface area contributed by atoms with Crippen molar-refractivity contribution in [3.8, 4) is 0 Å². The topological polar surface area (TPSA) is 29.1 Å². The first-order chi connectivity index (χ1) is 8.97. The third kappa shape index (κ3) is 3.75. The van der Waals surface area contributed by atoms with Crippen LogP contribution in [0, 0.1) is 20.8 Å². The fraction of sp³-hybridized carbons (Fsp3) is 0.188. The highest BCUT2D eigenvalue weighted by Gasteiger charge is 2.11. The lowest BCUT2D eigenvalue weighted by atomic mass is 10.1. The zero-order chi connectivity index (χ0) is 14.0. The summed E-state index contributed by atoms with van der Waals surface area (Å²) in [4.78, 5) is 12.2. The van der Waals surface area contributed by atoms with Crippen LogP contribution in [0.2, 0.25) is 5.02 Å². The van der Waals surface area contributed by atoms with E-state index < -0.39 is 0 Å². The number of carbonyl (C=O) groups is 1. The maximum atomic E-state index is 12.2. The van der Waals surface area contributed by atoms with Gasteiger partial charge < -0.3 is 5.32 Å². The van der Waals surface area contributed by atoms with Crippen molar-refractivity contribution in [2.75, 3.05) is 5.32 Å². The lowest BCUT2D eigenvalue weighted by molar-refractivity contribution is 0.102. The maximum absolute atomic E-state index is 12.2. The molecule has 2 aromatic carbocycles. The van der Waals surface area contributed by atoms with E-state index in [0.717, 1.165) is 16.8 Å². The fourth-order valence-electron chi connectivity index (χ4n) is 1.95. The van der Waals surface area contributed by atoms with E-state index in [4.69, 9.17) is 11.6 Å². The van der Waals surface area contributed by atoms with E-state index in [1.54, 1.807) is 12.1 Å². The van der Waals surface area contributed by atoms with Crippen molar-refractivity contribution >= 4 is 35.6 Å². The number of amides is 1. The fourth-order valence-corrected chi connectivity index (χ4v) is 2.27. The Labute approximate surface area is 130 Å². The SMILES string of the molecule is Cc1ccc(NC(=O)c2ccc(C)cc2Cl)c(C)c1.Cl. The van der Waals surface area contributed by atoms with Crippen molar-refractivity contribution in [1.82, 2.24) is 0 Å². The summed E-state index contributed by atoms with van der Waals surface area (Å²) < 4.78 is 0. The molecule has 2 rings (SSSR count). The molecule has 0 bridgehead atoms. The Morgan fingerprint density at radius 2 is 1.60 bits per heavy atom.